The third-order valence-electron chi connectivity index (χ3n) is 1.86. The van der Waals surface area contributed by atoms with Crippen LogP contribution in [0.5, 0.6) is 0 Å². The third-order valence-corrected chi connectivity index (χ3v) is 2.59. The van der Waals surface area contributed by atoms with Crippen molar-refractivity contribution in [3.8, 4) is 0 Å². The van der Waals surface area contributed by atoms with Gasteiger partial charge in [0.05, 0.1) is 15.9 Å². The summed E-state index contributed by atoms with van der Waals surface area (Å²) in [5.74, 6) is -2.01. The molecule has 0 aliphatic heterocycles. The van der Waals surface area contributed by atoms with E-state index in [9.17, 15) is 43.7 Å². The molecule has 0 aromatic heterocycles. The smallest absolute Gasteiger partial charge is 0.748 e. The minimum Gasteiger partial charge on any atom is -0.748 e. The second-order valence-electron chi connectivity index (χ2n) is 3.35. The van der Waals surface area contributed by atoms with Gasteiger partial charge in [0.2, 0.25) is 0 Å². The van der Waals surface area contributed by atoms with Crippen LogP contribution in [0.3, 0.4) is 0 Å². The number of hydrogen-bond donors (Lipinski definition) is 0. The fourth-order valence-electron chi connectivity index (χ4n) is 0.977. The van der Waals surface area contributed by atoms with E-state index in [1.165, 1.54) is 0 Å². The first-order chi connectivity index (χ1) is 7.97. The molecule has 5 unspecified atom stereocenters. The van der Waals surface area contributed by atoms with Gasteiger partial charge in [0.1, 0.15) is 6.17 Å². The Kier molecular flexibility index (Phi) is 9.89. The topological polar surface area (TPSA) is 57.2 Å². The molecule has 0 aromatic carbocycles. The van der Waals surface area contributed by atoms with Crippen molar-refractivity contribution in [1.82, 2.24) is 0 Å². The van der Waals surface area contributed by atoms with Crippen molar-refractivity contribution in [3.05, 3.63) is 0 Å². The molecule has 0 saturated carbocycles. The molecule has 0 N–H and O–H groups in total. The summed E-state index contributed by atoms with van der Waals surface area (Å²) in [4.78, 5) is 0. The van der Waals surface area contributed by atoms with Crippen molar-refractivity contribution >= 4 is 10.1 Å². The first kappa shape index (κ1) is 21.7. The van der Waals surface area contributed by atoms with Gasteiger partial charge in [0, 0.05) is 0 Å². The molecular weight excluding hydrogens is 320 g/mol. The van der Waals surface area contributed by atoms with Crippen LogP contribution >= 0.6 is 0 Å². The Bertz CT molecular complexity index is 355. The summed E-state index contributed by atoms with van der Waals surface area (Å²) >= 11 is 0. The fourth-order valence-corrected chi connectivity index (χ4v) is 1.55. The van der Waals surface area contributed by atoms with Gasteiger partial charge < -0.3 is 4.55 Å². The van der Waals surface area contributed by atoms with Crippen LogP contribution in [-0.4, -0.2) is 56.0 Å². The maximum absolute atomic E-state index is 12.8. The minimum absolute atomic E-state index is 0. The Balaban J connectivity index is 0. The van der Waals surface area contributed by atoms with E-state index >= 15 is 0 Å². The molecule has 12 heteroatoms. The molecule has 0 bridgehead atoms. The summed E-state index contributed by atoms with van der Waals surface area (Å²) in [6.45, 7) is 0. The normalized spacial score (nSPS) is 20.3. The van der Waals surface area contributed by atoms with Crippen LogP contribution in [-0.2, 0) is 10.1 Å². The number of rotatable bonds is 7. The van der Waals surface area contributed by atoms with E-state index in [4.69, 9.17) is 0 Å². The first-order valence-corrected chi connectivity index (χ1v) is 5.97. The average molecular weight is 328 g/mol. The summed E-state index contributed by atoms with van der Waals surface area (Å²) in [5.41, 5.74) is 0. The van der Waals surface area contributed by atoms with Gasteiger partial charge in [-0.3, -0.25) is 0 Å². The van der Waals surface area contributed by atoms with Gasteiger partial charge in [-0.1, -0.05) is 0 Å². The molecule has 5 atom stereocenters. The van der Waals surface area contributed by atoms with Crippen molar-refractivity contribution in [1.29, 1.82) is 0 Å². The van der Waals surface area contributed by atoms with Gasteiger partial charge in [-0.2, -0.15) is 0 Å². The molecule has 110 valence electrons. The Hall–Kier alpha value is 0.420. The second kappa shape index (κ2) is 8.65. The van der Waals surface area contributed by atoms with Crippen LogP contribution in [0.2, 0.25) is 0 Å². The summed E-state index contributed by atoms with van der Waals surface area (Å²) in [7, 11) is -5.26. The zero-order valence-corrected chi connectivity index (χ0v) is 12.3. The van der Waals surface area contributed by atoms with E-state index in [-0.39, 0.29) is 29.6 Å². The van der Waals surface area contributed by atoms with Crippen LogP contribution in [0, 0.1) is 0 Å². The minimum atomic E-state index is -5.26. The molecule has 19 heavy (non-hydrogen) atoms. The molecule has 0 aliphatic carbocycles. The number of halogens is 7. The Morgan fingerprint density at radius 2 is 1.16 bits per heavy atom. The van der Waals surface area contributed by atoms with Gasteiger partial charge in [-0.15, -0.1) is 0 Å². The molecule has 0 rings (SSSR count). The molecule has 0 saturated heterocycles. The first-order valence-electron chi connectivity index (χ1n) is 4.39. The number of alkyl halides is 7. The van der Waals surface area contributed by atoms with E-state index in [0.717, 1.165) is 0 Å². The van der Waals surface area contributed by atoms with Gasteiger partial charge >= 0.3 is 29.6 Å². The van der Waals surface area contributed by atoms with Gasteiger partial charge in [0.15, 0.2) is 24.7 Å². The van der Waals surface area contributed by atoms with Crippen molar-refractivity contribution in [2.75, 3.05) is 5.75 Å². The van der Waals surface area contributed by atoms with Crippen LogP contribution in [0.25, 0.3) is 0 Å². The zero-order valence-electron chi connectivity index (χ0n) is 9.45. The van der Waals surface area contributed by atoms with Crippen LogP contribution in [0.15, 0.2) is 0 Å². The van der Waals surface area contributed by atoms with Crippen molar-refractivity contribution in [2.24, 2.45) is 0 Å². The van der Waals surface area contributed by atoms with Crippen LogP contribution in [0.1, 0.15) is 0 Å². The molecule has 0 heterocycles. The van der Waals surface area contributed by atoms with Gasteiger partial charge in [-0.25, -0.2) is 39.2 Å². The van der Waals surface area contributed by atoms with E-state index in [1.807, 2.05) is 0 Å². The summed E-state index contributed by atoms with van der Waals surface area (Å²) in [6.07, 6.45) is -21.8. The monoisotopic (exact) mass is 328 g/mol. The zero-order chi connectivity index (χ0) is 14.7. The largest absolute Gasteiger partial charge is 1.00 e. The fraction of sp³-hybridized carbons (Fsp3) is 1.00. The van der Waals surface area contributed by atoms with E-state index in [2.05, 4.69) is 0 Å². The molecule has 0 aromatic rings. The SMILES string of the molecule is O=S(=O)([O-])CC(F)C(F)C(F)C(F)C(F)C(F)F.[Na+]. The van der Waals surface area contributed by atoms with E-state index < -0.39 is 53.2 Å². The molecule has 0 fully saturated rings. The van der Waals surface area contributed by atoms with Gasteiger partial charge in [0.25, 0.3) is 6.43 Å². The summed E-state index contributed by atoms with van der Waals surface area (Å²) < 4.78 is 116. The summed E-state index contributed by atoms with van der Waals surface area (Å²) in [6, 6.07) is 0. The Morgan fingerprint density at radius 3 is 1.47 bits per heavy atom. The van der Waals surface area contributed by atoms with Crippen LogP contribution < -0.4 is 29.6 Å². The molecule has 0 amide bonds. The molecule has 0 radical (unpaired) electrons. The molecule has 3 nitrogen and oxygen atoms in total. The average Bonchev–Trinajstić information content (AvgIpc) is 2.22. The molecule has 0 aliphatic rings. The Morgan fingerprint density at radius 1 is 0.789 bits per heavy atom. The predicted molar refractivity (Wildman–Crippen MR) is 45.0 cm³/mol. The quantitative estimate of drug-likeness (QED) is 0.324. The third kappa shape index (κ3) is 7.69. The molecular formula is C7H8F7NaO3S. The second-order valence-corrected chi connectivity index (χ2v) is 4.80. The van der Waals surface area contributed by atoms with Crippen molar-refractivity contribution in [2.45, 2.75) is 37.3 Å². The van der Waals surface area contributed by atoms with Crippen molar-refractivity contribution in [3.63, 3.8) is 0 Å². The maximum Gasteiger partial charge on any atom is 1.00 e. The predicted octanol–water partition coefficient (Wildman–Crippen LogP) is -1.51. The van der Waals surface area contributed by atoms with E-state index in [0.29, 0.717) is 0 Å². The van der Waals surface area contributed by atoms with E-state index in [1.54, 1.807) is 0 Å². The Labute approximate surface area is 126 Å². The molecule has 0 spiro atoms. The standard InChI is InChI=1S/C7H9F7O3S.Na/c8-2(1-18(15,16)17)3(9)4(10)5(11)6(12)7(13)14;/h2-7H,1H2,(H,15,16,17);/q;+1/p-1. The van der Waals surface area contributed by atoms with Crippen molar-refractivity contribution < 1.29 is 73.3 Å². The van der Waals surface area contributed by atoms with Crippen LogP contribution in [0.4, 0.5) is 30.7 Å². The maximum atomic E-state index is 12.8. The summed E-state index contributed by atoms with van der Waals surface area (Å²) in [5, 5.41) is 0. The van der Waals surface area contributed by atoms with Gasteiger partial charge in [-0.05, 0) is 0 Å². The number of hydrogen-bond acceptors (Lipinski definition) is 3.